The van der Waals surface area contributed by atoms with Gasteiger partial charge in [-0.05, 0) is 73.0 Å². The van der Waals surface area contributed by atoms with Gasteiger partial charge in [-0.25, -0.2) is 4.98 Å². The van der Waals surface area contributed by atoms with Crippen molar-refractivity contribution in [3.05, 3.63) is 98.5 Å². The van der Waals surface area contributed by atoms with Crippen molar-refractivity contribution >= 4 is 67.3 Å². The number of hydrogen-bond donors (Lipinski definition) is 1. The summed E-state index contributed by atoms with van der Waals surface area (Å²) >= 11 is 13.4. The van der Waals surface area contributed by atoms with E-state index in [2.05, 4.69) is 0 Å². The summed E-state index contributed by atoms with van der Waals surface area (Å²) < 4.78 is 0.918. The average molecular weight is 509 g/mol. The first-order valence-electron chi connectivity index (χ1n) is 10.4. The Morgan fingerprint density at radius 1 is 0.971 bits per heavy atom. The van der Waals surface area contributed by atoms with Crippen LogP contribution in [-0.4, -0.2) is 21.8 Å². The van der Waals surface area contributed by atoms with Gasteiger partial charge in [-0.2, -0.15) is 0 Å². The van der Waals surface area contributed by atoms with Crippen molar-refractivity contribution in [1.82, 2.24) is 4.98 Å². The number of thiazole rings is 1. The Labute approximate surface area is 209 Å². The van der Waals surface area contributed by atoms with E-state index in [-0.39, 0.29) is 11.3 Å². The summed E-state index contributed by atoms with van der Waals surface area (Å²) in [6.45, 7) is 3.96. The Morgan fingerprint density at radius 3 is 2.24 bits per heavy atom. The SMILES string of the molecule is Cc1cc(C)c2nc(N3C(=O)C(=O)/C(=C(/O)c4ccc(Cl)cc4)C3c3ccc(Cl)cc3)sc2c1. The Bertz CT molecular complexity index is 1490. The zero-order chi connectivity index (χ0) is 24.1. The van der Waals surface area contributed by atoms with E-state index in [0.29, 0.717) is 26.3 Å². The van der Waals surface area contributed by atoms with Crippen LogP contribution in [0.1, 0.15) is 28.3 Å². The van der Waals surface area contributed by atoms with Crippen molar-refractivity contribution in [1.29, 1.82) is 0 Å². The number of carbonyl (C=O) groups is 2. The third kappa shape index (κ3) is 3.78. The molecule has 5 nitrogen and oxygen atoms in total. The van der Waals surface area contributed by atoms with Gasteiger partial charge in [0.1, 0.15) is 5.76 Å². The standard InChI is InChI=1S/C26H18Cl2N2O3S/c1-13-11-14(2)21-19(12-13)34-26(29-21)30-22(15-3-7-17(27)8-4-15)20(24(32)25(30)33)23(31)16-5-9-18(28)10-6-16/h3-12,22,31H,1-2H3/b23-20+. The lowest BCUT2D eigenvalue weighted by atomic mass is 9.95. The molecule has 34 heavy (non-hydrogen) atoms. The van der Waals surface area contributed by atoms with E-state index in [0.717, 1.165) is 21.3 Å². The number of aryl methyl sites for hydroxylation is 2. The third-order valence-electron chi connectivity index (χ3n) is 5.77. The zero-order valence-corrected chi connectivity index (χ0v) is 20.5. The van der Waals surface area contributed by atoms with Crippen LogP contribution in [0.4, 0.5) is 5.13 Å². The number of aromatic nitrogens is 1. The molecule has 1 N–H and O–H groups in total. The van der Waals surface area contributed by atoms with Crippen LogP contribution in [0.25, 0.3) is 16.0 Å². The topological polar surface area (TPSA) is 70.5 Å². The maximum Gasteiger partial charge on any atom is 0.301 e. The van der Waals surface area contributed by atoms with Crippen LogP contribution in [0.5, 0.6) is 0 Å². The van der Waals surface area contributed by atoms with Crippen LogP contribution in [0.2, 0.25) is 10.0 Å². The summed E-state index contributed by atoms with van der Waals surface area (Å²) in [6, 6.07) is 16.5. The molecule has 8 heteroatoms. The first-order chi connectivity index (χ1) is 16.2. The number of aliphatic hydroxyl groups excluding tert-OH is 1. The molecule has 2 heterocycles. The highest BCUT2D eigenvalue weighted by Gasteiger charge is 2.48. The molecule has 1 aromatic heterocycles. The monoisotopic (exact) mass is 508 g/mol. The molecule has 1 aliphatic rings. The van der Waals surface area contributed by atoms with E-state index in [1.807, 2.05) is 26.0 Å². The van der Waals surface area contributed by atoms with Crippen LogP contribution < -0.4 is 4.90 Å². The predicted octanol–water partition coefficient (Wildman–Crippen LogP) is 6.85. The van der Waals surface area contributed by atoms with Gasteiger partial charge in [0.05, 0.1) is 21.8 Å². The molecule has 0 spiro atoms. The number of fused-ring (bicyclic) bond motifs is 1. The molecule has 0 radical (unpaired) electrons. The van der Waals surface area contributed by atoms with Gasteiger partial charge in [-0.3, -0.25) is 14.5 Å². The maximum absolute atomic E-state index is 13.3. The highest BCUT2D eigenvalue weighted by molar-refractivity contribution is 7.22. The van der Waals surface area contributed by atoms with E-state index in [1.54, 1.807) is 48.5 Å². The molecule has 1 unspecified atom stereocenters. The molecule has 1 amide bonds. The first-order valence-corrected chi connectivity index (χ1v) is 12.0. The van der Waals surface area contributed by atoms with Crippen LogP contribution in [-0.2, 0) is 9.59 Å². The van der Waals surface area contributed by atoms with E-state index in [9.17, 15) is 14.7 Å². The van der Waals surface area contributed by atoms with Crippen LogP contribution in [0, 0.1) is 13.8 Å². The van der Waals surface area contributed by atoms with Gasteiger partial charge in [0, 0.05) is 15.6 Å². The van der Waals surface area contributed by atoms with Crippen LogP contribution in [0.15, 0.2) is 66.2 Å². The smallest absolute Gasteiger partial charge is 0.301 e. The predicted molar refractivity (Wildman–Crippen MR) is 137 cm³/mol. The van der Waals surface area contributed by atoms with E-state index < -0.39 is 17.7 Å². The highest BCUT2D eigenvalue weighted by atomic mass is 35.5. The van der Waals surface area contributed by atoms with Gasteiger partial charge in [-0.1, -0.05) is 52.7 Å². The Balaban J connectivity index is 1.74. The molecular formula is C26H18Cl2N2O3S. The highest BCUT2D eigenvalue weighted by Crippen LogP contribution is 2.45. The summed E-state index contributed by atoms with van der Waals surface area (Å²) in [5.41, 5.74) is 3.85. The summed E-state index contributed by atoms with van der Waals surface area (Å²) in [4.78, 5) is 32.7. The molecule has 5 rings (SSSR count). The third-order valence-corrected chi connectivity index (χ3v) is 7.28. The summed E-state index contributed by atoms with van der Waals surface area (Å²) in [7, 11) is 0. The quantitative estimate of drug-likeness (QED) is 0.186. The number of nitrogens with zero attached hydrogens (tertiary/aromatic N) is 2. The number of halogens is 2. The number of amides is 1. The van der Waals surface area contributed by atoms with Crippen molar-refractivity contribution in [3.8, 4) is 0 Å². The molecule has 3 aromatic carbocycles. The number of carbonyl (C=O) groups excluding carboxylic acids is 2. The molecule has 0 aliphatic carbocycles. The number of benzene rings is 3. The average Bonchev–Trinajstić information content (AvgIpc) is 3.33. The number of Topliss-reactive ketones (excluding diaryl/α,β-unsaturated/α-hetero) is 1. The van der Waals surface area contributed by atoms with Crippen molar-refractivity contribution in [2.75, 3.05) is 4.90 Å². The number of ketones is 1. The molecule has 4 aromatic rings. The molecular weight excluding hydrogens is 491 g/mol. The van der Waals surface area contributed by atoms with Gasteiger partial charge in [0.2, 0.25) is 0 Å². The normalized spacial score (nSPS) is 17.6. The molecule has 0 bridgehead atoms. The van der Waals surface area contributed by atoms with Gasteiger partial charge in [-0.15, -0.1) is 0 Å². The summed E-state index contributed by atoms with van der Waals surface area (Å²) in [6.07, 6.45) is 0. The second-order valence-corrected chi connectivity index (χ2v) is 10.0. The van der Waals surface area contributed by atoms with Crippen molar-refractivity contribution in [2.24, 2.45) is 0 Å². The second kappa shape index (κ2) is 8.55. The first kappa shape index (κ1) is 22.6. The minimum Gasteiger partial charge on any atom is -0.507 e. The summed E-state index contributed by atoms with van der Waals surface area (Å²) in [5, 5.41) is 12.6. The van der Waals surface area contributed by atoms with Crippen molar-refractivity contribution in [3.63, 3.8) is 0 Å². The van der Waals surface area contributed by atoms with Crippen LogP contribution in [0.3, 0.4) is 0 Å². The van der Waals surface area contributed by atoms with Crippen molar-refractivity contribution in [2.45, 2.75) is 19.9 Å². The lowest BCUT2D eigenvalue weighted by Crippen LogP contribution is -2.29. The Hall–Kier alpha value is -3.19. The van der Waals surface area contributed by atoms with Crippen LogP contribution >= 0.6 is 34.5 Å². The molecule has 1 saturated heterocycles. The fraction of sp³-hybridized carbons (Fsp3) is 0.115. The number of rotatable bonds is 3. The number of hydrogen-bond acceptors (Lipinski definition) is 5. The summed E-state index contributed by atoms with van der Waals surface area (Å²) in [5.74, 6) is -1.80. The van der Waals surface area contributed by atoms with Gasteiger partial charge in [0.15, 0.2) is 5.13 Å². The van der Waals surface area contributed by atoms with Gasteiger partial charge in [0.25, 0.3) is 5.78 Å². The Morgan fingerprint density at radius 2 is 1.59 bits per heavy atom. The maximum atomic E-state index is 13.3. The molecule has 170 valence electrons. The van der Waals surface area contributed by atoms with Gasteiger partial charge >= 0.3 is 5.91 Å². The number of anilines is 1. The Kier molecular flexibility index (Phi) is 5.68. The minimum absolute atomic E-state index is 0.0122. The minimum atomic E-state index is -0.866. The van der Waals surface area contributed by atoms with E-state index in [4.69, 9.17) is 28.2 Å². The fourth-order valence-electron chi connectivity index (χ4n) is 4.22. The molecule has 1 fully saturated rings. The van der Waals surface area contributed by atoms with E-state index in [1.165, 1.54) is 16.2 Å². The zero-order valence-electron chi connectivity index (χ0n) is 18.2. The lowest BCUT2D eigenvalue weighted by molar-refractivity contribution is -0.132. The molecule has 0 saturated carbocycles. The van der Waals surface area contributed by atoms with E-state index >= 15 is 0 Å². The van der Waals surface area contributed by atoms with Crippen molar-refractivity contribution < 1.29 is 14.7 Å². The van der Waals surface area contributed by atoms with Gasteiger partial charge < -0.3 is 5.11 Å². The lowest BCUT2D eigenvalue weighted by Gasteiger charge is -2.23. The molecule has 1 aliphatic heterocycles. The number of aliphatic hydroxyl groups is 1. The second-order valence-electron chi connectivity index (χ2n) is 8.15. The fourth-order valence-corrected chi connectivity index (χ4v) is 5.64. The molecule has 1 atom stereocenters. The largest absolute Gasteiger partial charge is 0.507 e.